The Balaban J connectivity index is 2.65. The molecule has 0 radical (unpaired) electrons. The SMILES string of the molecule is CCCCCCCCc1ccc(CCC(CO)(COP(=O)(O)O)NC(=O)CNS)cc1. The van der Waals surface area contributed by atoms with Gasteiger partial charge in [-0.05, 0) is 36.8 Å². The number of unbranched alkanes of at least 4 members (excludes halogenated alkanes) is 5. The highest BCUT2D eigenvalue weighted by atomic mass is 32.1. The van der Waals surface area contributed by atoms with Gasteiger partial charge in [-0.2, -0.15) is 0 Å². The molecule has 31 heavy (non-hydrogen) atoms. The zero-order valence-electron chi connectivity index (χ0n) is 18.3. The lowest BCUT2D eigenvalue weighted by molar-refractivity contribution is -0.123. The van der Waals surface area contributed by atoms with Crippen molar-refractivity contribution in [2.75, 3.05) is 19.8 Å². The Hall–Kier alpha value is -0.930. The van der Waals surface area contributed by atoms with Crippen LogP contribution in [-0.4, -0.2) is 46.1 Å². The first-order valence-corrected chi connectivity index (χ1v) is 12.8. The summed E-state index contributed by atoms with van der Waals surface area (Å²) >= 11 is 3.77. The summed E-state index contributed by atoms with van der Waals surface area (Å²) in [5.74, 6) is -0.465. The first-order valence-electron chi connectivity index (χ1n) is 10.8. The highest BCUT2D eigenvalue weighted by Crippen LogP contribution is 2.37. The van der Waals surface area contributed by atoms with Crippen LogP contribution >= 0.6 is 20.6 Å². The van der Waals surface area contributed by atoms with Crippen LogP contribution in [0, 0.1) is 0 Å². The molecular weight excluding hydrogens is 439 g/mol. The number of aliphatic hydroxyl groups is 1. The first-order chi connectivity index (χ1) is 14.7. The minimum atomic E-state index is -4.75. The van der Waals surface area contributed by atoms with E-state index in [1.54, 1.807) is 0 Å². The van der Waals surface area contributed by atoms with Crippen LogP contribution in [0.3, 0.4) is 0 Å². The van der Waals surface area contributed by atoms with Gasteiger partial charge in [0.05, 0.1) is 25.3 Å². The van der Waals surface area contributed by atoms with Crippen LogP contribution in [0.25, 0.3) is 0 Å². The molecular formula is C21H37N2O6PS. The molecule has 0 saturated carbocycles. The van der Waals surface area contributed by atoms with E-state index in [-0.39, 0.29) is 13.0 Å². The van der Waals surface area contributed by atoms with Gasteiger partial charge >= 0.3 is 7.82 Å². The van der Waals surface area contributed by atoms with E-state index in [9.17, 15) is 14.5 Å². The van der Waals surface area contributed by atoms with Gasteiger partial charge in [0.25, 0.3) is 0 Å². The molecule has 1 atom stereocenters. The minimum absolute atomic E-state index is 0.117. The van der Waals surface area contributed by atoms with Crippen LogP contribution < -0.4 is 10.0 Å². The summed E-state index contributed by atoms with van der Waals surface area (Å²) in [6, 6.07) is 8.18. The summed E-state index contributed by atoms with van der Waals surface area (Å²) < 4.78 is 18.1. The number of hydrogen-bond acceptors (Lipinski definition) is 6. The van der Waals surface area contributed by atoms with Crippen LogP contribution in [0.2, 0.25) is 0 Å². The molecule has 0 heterocycles. The molecule has 8 nitrogen and oxygen atoms in total. The maximum Gasteiger partial charge on any atom is 0.469 e. The summed E-state index contributed by atoms with van der Waals surface area (Å²) in [6.07, 6.45) is 9.32. The van der Waals surface area contributed by atoms with Gasteiger partial charge in [0.2, 0.25) is 5.91 Å². The first kappa shape index (κ1) is 28.1. The van der Waals surface area contributed by atoms with Crippen molar-refractivity contribution in [3.63, 3.8) is 0 Å². The van der Waals surface area contributed by atoms with E-state index >= 15 is 0 Å². The normalized spacial score (nSPS) is 13.7. The van der Waals surface area contributed by atoms with Gasteiger partial charge in [-0.15, -0.1) is 0 Å². The van der Waals surface area contributed by atoms with Gasteiger partial charge in [-0.3, -0.25) is 14.0 Å². The third kappa shape index (κ3) is 12.6. The van der Waals surface area contributed by atoms with Crippen LogP contribution in [0.4, 0.5) is 0 Å². The zero-order chi connectivity index (χ0) is 23.2. The number of nitrogens with one attached hydrogen (secondary N) is 2. The van der Waals surface area contributed by atoms with Crippen LogP contribution in [0.15, 0.2) is 24.3 Å². The van der Waals surface area contributed by atoms with E-state index in [0.717, 1.165) is 12.0 Å². The van der Waals surface area contributed by atoms with Gasteiger partial charge in [-0.1, -0.05) is 76.1 Å². The number of amides is 1. The largest absolute Gasteiger partial charge is 0.469 e. The Kier molecular flexibility index (Phi) is 13.6. The van der Waals surface area contributed by atoms with E-state index in [2.05, 4.69) is 46.4 Å². The van der Waals surface area contributed by atoms with E-state index in [1.165, 1.54) is 44.1 Å². The molecule has 0 aliphatic heterocycles. The monoisotopic (exact) mass is 476 g/mol. The maximum absolute atomic E-state index is 12.0. The molecule has 0 spiro atoms. The predicted octanol–water partition coefficient (Wildman–Crippen LogP) is 2.91. The molecule has 0 fully saturated rings. The highest BCUT2D eigenvalue weighted by molar-refractivity contribution is 7.78. The lowest BCUT2D eigenvalue weighted by Crippen LogP contribution is -2.56. The average Bonchev–Trinajstić information content (AvgIpc) is 2.73. The quantitative estimate of drug-likeness (QED) is 0.116. The fraction of sp³-hybridized carbons (Fsp3) is 0.667. The average molecular weight is 477 g/mol. The van der Waals surface area contributed by atoms with Crippen molar-refractivity contribution in [3.05, 3.63) is 35.4 Å². The van der Waals surface area contributed by atoms with Crippen LogP contribution in [0.1, 0.15) is 63.0 Å². The number of phosphoric ester groups is 1. The van der Waals surface area contributed by atoms with E-state index < -0.39 is 32.5 Å². The number of aryl methyl sites for hydroxylation is 2. The third-order valence-corrected chi connectivity index (χ3v) is 5.81. The predicted molar refractivity (Wildman–Crippen MR) is 125 cm³/mol. The second-order valence-electron chi connectivity index (χ2n) is 7.92. The summed E-state index contributed by atoms with van der Waals surface area (Å²) in [5.41, 5.74) is 0.952. The van der Waals surface area contributed by atoms with Crippen molar-refractivity contribution >= 4 is 26.5 Å². The molecule has 0 bridgehead atoms. The molecule has 0 saturated heterocycles. The Morgan fingerprint density at radius 2 is 1.65 bits per heavy atom. The van der Waals surface area contributed by atoms with Gasteiger partial charge in [0.15, 0.2) is 0 Å². The number of rotatable bonds is 17. The minimum Gasteiger partial charge on any atom is -0.394 e. The second-order valence-corrected chi connectivity index (χ2v) is 9.48. The van der Waals surface area contributed by atoms with E-state index in [0.29, 0.717) is 6.42 Å². The Bertz CT molecular complexity index is 685. The standard InChI is InChI=1S/C21H37N2O6PS/c1-2-3-4-5-6-7-8-18-9-11-19(12-10-18)13-14-21(16-24,17-29-30(26,27)28)23-20(25)15-22-31/h9-12,22,24,31H,2-8,13-17H2,1H3,(H,23,25)(H2,26,27,28). The number of thiol groups is 1. The Labute approximate surface area is 191 Å². The number of phosphoric acid groups is 1. The number of carbonyl (C=O) groups excluding carboxylic acids is 1. The summed E-state index contributed by atoms with van der Waals surface area (Å²) in [6.45, 7) is 1.06. The molecule has 1 rings (SSSR count). The van der Waals surface area contributed by atoms with Gasteiger partial charge in [-0.25, -0.2) is 4.57 Å². The van der Waals surface area contributed by atoms with E-state index in [4.69, 9.17) is 9.79 Å². The molecule has 5 N–H and O–H groups in total. The number of carbonyl (C=O) groups is 1. The topological polar surface area (TPSA) is 128 Å². The Morgan fingerprint density at radius 3 is 2.19 bits per heavy atom. The van der Waals surface area contributed by atoms with E-state index in [1.807, 2.05) is 12.1 Å². The van der Waals surface area contributed by atoms with Gasteiger partial charge in [0, 0.05) is 0 Å². The molecule has 0 aliphatic carbocycles. The summed E-state index contributed by atoms with van der Waals surface area (Å²) in [7, 11) is -4.75. The fourth-order valence-electron chi connectivity index (χ4n) is 3.32. The maximum atomic E-state index is 12.0. The Morgan fingerprint density at radius 1 is 1.06 bits per heavy atom. The van der Waals surface area contributed by atoms with Crippen molar-refractivity contribution < 1.29 is 28.8 Å². The molecule has 0 aliphatic rings. The van der Waals surface area contributed by atoms with Gasteiger partial charge < -0.3 is 20.2 Å². The molecule has 1 amide bonds. The number of aliphatic hydroxyl groups excluding tert-OH is 1. The lowest BCUT2D eigenvalue weighted by Gasteiger charge is -2.33. The fourth-order valence-corrected chi connectivity index (χ4v) is 3.88. The lowest BCUT2D eigenvalue weighted by atomic mass is 9.92. The molecule has 1 aromatic carbocycles. The molecule has 0 aromatic heterocycles. The molecule has 10 heteroatoms. The molecule has 178 valence electrons. The third-order valence-electron chi connectivity index (χ3n) is 5.19. The number of benzene rings is 1. The number of hydrogen-bond donors (Lipinski definition) is 6. The van der Waals surface area contributed by atoms with Crippen LogP contribution in [0.5, 0.6) is 0 Å². The van der Waals surface area contributed by atoms with Crippen molar-refractivity contribution in [2.24, 2.45) is 0 Å². The summed E-state index contributed by atoms with van der Waals surface area (Å²) in [4.78, 5) is 30.1. The van der Waals surface area contributed by atoms with Crippen LogP contribution in [-0.2, 0) is 26.7 Å². The highest BCUT2D eigenvalue weighted by Gasteiger charge is 2.34. The van der Waals surface area contributed by atoms with Gasteiger partial charge in [0.1, 0.15) is 0 Å². The van der Waals surface area contributed by atoms with Crippen molar-refractivity contribution in [3.8, 4) is 0 Å². The van der Waals surface area contributed by atoms with Crippen molar-refractivity contribution in [1.82, 2.24) is 10.0 Å². The second kappa shape index (κ2) is 15.0. The zero-order valence-corrected chi connectivity index (χ0v) is 20.0. The summed E-state index contributed by atoms with van der Waals surface area (Å²) in [5, 5.41) is 12.5. The van der Waals surface area contributed by atoms with Crippen molar-refractivity contribution in [2.45, 2.75) is 70.3 Å². The smallest absolute Gasteiger partial charge is 0.394 e. The molecule has 1 aromatic rings. The van der Waals surface area contributed by atoms with Crippen molar-refractivity contribution in [1.29, 1.82) is 0 Å². The molecule has 1 unspecified atom stereocenters.